The van der Waals surface area contributed by atoms with E-state index in [0.29, 0.717) is 6.42 Å². The predicted octanol–water partition coefficient (Wildman–Crippen LogP) is -1.04. The summed E-state index contributed by atoms with van der Waals surface area (Å²) in [5, 5.41) is 0. The van der Waals surface area contributed by atoms with Crippen LogP contribution in [0.15, 0.2) is 0 Å². The zero-order valence-corrected chi connectivity index (χ0v) is 6.73. The first-order valence-corrected chi connectivity index (χ1v) is 2.90. The second-order valence-corrected chi connectivity index (χ2v) is 2.00. The first-order chi connectivity index (χ1) is 4.09. The van der Waals surface area contributed by atoms with Gasteiger partial charge in [-0.05, 0) is 6.42 Å². The Morgan fingerprint density at radius 3 is 2.00 bits per heavy atom. The molecule has 10 heavy (non-hydrogen) atoms. The van der Waals surface area contributed by atoms with Gasteiger partial charge in [-0.25, -0.2) is 0 Å². The lowest BCUT2D eigenvalue weighted by Gasteiger charge is -2.13. The Hall–Kier alpha value is -0.320. The Morgan fingerprint density at radius 1 is 1.50 bits per heavy atom. The standard InChI is InChI=1S/C5H13N3O.ClH/c1-2-3(6)4(7)5(8)9;/h3-4H,2,6-7H2,1H3,(H2,8,9);1H. The minimum Gasteiger partial charge on any atom is -0.368 e. The molecule has 0 aromatic carbocycles. The van der Waals surface area contributed by atoms with E-state index < -0.39 is 11.9 Å². The SMILES string of the molecule is CCC(N)C(N)C(N)=O.Cl. The highest BCUT2D eigenvalue weighted by atomic mass is 35.5. The van der Waals surface area contributed by atoms with Crippen LogP contribution in [0.4, 0.5) is 0 Å². The fourth-order valence-electron chi connectivity index (χ4n) is 0.465. The van der Waals surface area contributed by atoms with Crippen molar-refractivity contribution in [3.8, 4) is 0 Å². The summed E-state index contributed by atoms with van der Waals surface area (Å²) in [4.78, 5) is 10.3. The van der Waals surface area contributed by atoms with Crippen molar-refractivity contribution in [2.45, 2.75) is 25.4 Å². The van der Waals surface area contributed by atoms with Crippen LogP contribution in [0.25, 0.3) is 0 Å². The van der Waals surface area contributed by atoms with E-state index in [1.54, 1.807) is 0 Å². The molecule has 1 amide bonds. The molecule has 4 nitrogen and oxygen atoms in total. The molecule has 0 radical (unpaired) electrons. The zero-order valence-electron chi connectivity index (χ0n) is 5.91. The highest BCUT2D eigenvalue weighted by molar-refractivity contribution is 5.85. The number of carbonyl (C=O) groups is 1. The summed E-state index contributed by atoms with van der Waals surface area (Å²) in [5.41, 5.74) is 15.5. The van der Waals surface area contributed by atoms with Gasteiger partial charge in [0.15, 0.2) is 0 Å². The van der Waals surface area contributed by atoms with Gasteiger partial charge < -0.3 is 17.2 Å². The first-order valence-electron chi connectivity index (χ1n) is 2.90. The summed E-state index contributed by atoms with van der Waals surface area (Å²) < 4.78 is 0. The molecule has 0 fully saturated rings. The number of nitrogens with two attached hydrogens (primary N) is 3. The largest absolute Gasteiger partial charge is 0.368 e. The van der Waals surface area contributed by atoms with Crippen LogP contribution in [0, 0.1) is 0 Å². The van der Waals surface area contributed by atoms with E-state index in [2.05, 4.69) is 0 Å². The van der Waals surface area contributed by atoms with Gasteiger partial charge >= 0.3 is 0 Å². The summed E-state index contributed by atoms with van der Waals surface area (Å²) in [6.07, 6.45) is 0.671. The van der Waals surface area contributed by atoms with Crippen LogP contribution in [0.2, 0.25) is 0 Å². The Morgan fingerprint density at radius 2 is 1.90 bits per heavy atom. The first kappa shape index (κ1) is 12.4. The number of hydrogen-bond acceptors (Lipinski definition) is 3. The van der Waals surface area contributed by atoms with E-state index in [1.165, 1.54) is 0 Å². The van der Waals surface area contributed by atoms with Crippen LogP contribution in [0.3, 0.4) is 0 Å². The zero-order chi connectivity index (χ0) is 7.44. The molecule has 0 aromatic rings. The lowest BCUT2D eigenvalue weighted by Crippen LogP contribution is -2.49. The van der Waals surface area contributed by atoms with Crippen LogP contribution in [0.5, 0.6) is 0 Å². The number of primary amides is 1. The van der Waals surface area contributed by atoms with E-state index in [1.807, 2.05) is 6.92 Å². The van der Waals surface area contributed by atoms with Crippen LogP contribution in [-0.4, -0.2) is 18.0 Å². The van der Waals surface area contributed by atoms with Crippen LogP contribution in [-0.2, 0) is 4.79 Å². The molecule has 0 aliphatic rings. The molecule has 0 aliphatic carbocycles. The van der Waals surface area contributed by atoms with Crippen molar-refractivity contribution < 1.29 is 4.79 Å². The minimum absolute atomic E-state index is 0. The molecular formula is C5H14ClN3O. The molecule has 2 atom stereocenters. The molecule has 0 bridgehead atoms. The third kappa shape index (κ3) is 3.66. The summed E-state index contributed by atoms with van der Waals surface area (Å²) in [6, 6.07) is -1.00. The van der Waals surface area contributed by atoms with Crippen molar-refractivity contribution in [1.82, 2.24) is 0 Å². The normalized spacial score (nSPS) is 15.1. The van der Waals surface area contributed by atoms with Crippen molar-refractivity contribution >= 4 is 18.3 Å². The molecule has 0 rings (SSSR count). The molecule has 0 heterocycles. The maximum absolute atomic E-state index is 10.3. The molecule has 2 unspecified atom stereocenters. The highest BCUT2D eigenvalue weighted by Crippen LogP contribution is 1.89. The number of halogens is 1. The molecule has 6 N–H and O–H groups in total. The topological polar surface area (TPSA) is 95.1 Å². The molecule has 0 spiro atoms. The molecule has 0 aliphatic heterocycles. The van der Waals surface area contributed by atoms with Gasteiger partial charge in [0.05, 0.1) is 6.04 Å². The molecule has 0 aromatic heterocycles. The maximum atomic E-state index is 10.3. The summed E-state index contributed by atoms with van der Waals surface area (Å²) in [7, 11) is 0. The van der Waals surface area contributed by atoms with Crippen molar-refractivity contribution in [2.24, 2.45) is 17.2 Å². The van der Waals surface area contributed by atoms with Gasteiger partial charge in [-0.1, -0.05) is 6.92 Å². The van der Waals surface area contributed by atoms with Gasteiger partial charge in [0.1, 0.15) is 0 Å². The summed E-state index contributed by atoms with van der Waals surface area (Å²) >= 11 is 0. The second-order valence-electron chi connectivity index (χ2n) is 2.00. The smallest absolute Gasteiger partial charge is 0.235 e. The summed E-state index contributed by atoms with van der Waals surface area (Å²) in [6.45, 7) is 1.85. The summed E-state index contributed by atoms with van der Waals surface area (Å²) in [5.74, 6) is -0.538. The van der Waals surface area contributed by atoms with E-state index >= 15 is 0 Å². The van der Waals surface area contributed by atoms with Gasteiger partial charge in [0.2, 0.25) is 5.91 Å². The van der Waals surface area contributed by atoms with E-state index in [9.17, 15) is 4.79 Å². The fourth-order valence-corrected chi connectivity index (χ4v) is 0.465. The van der Waals surface area contributed by atoms with Gasteiger partial charge in [-0.15, -0.1) is 12.4 Å². The number of amides is 1. The molecule has 0 saturated carbocycles. The Balaban J connectivity index is 0. The van der Waals surface area contributed by atoms with Crippen molar-refractivity contribution in [2.75, 3.05) is 0 Å². The van der Waals surface area contributed by atoms with Crippen molar-refractivity contribution in [3.63, 3.8) is 0 Å². The van der Waals surface area contributed by atoms with Crippen LogP contribution in [0.1, 0.15) is 13.3 Å². The van der Waals surface area contributed by atoms with E-state index in [0.717, 1.165) is 0 Å². The predicted molar refractivity (Wildman–Crippen MR) is 42.7 cm³/mol. The average Bonchev–Trinajstić information content (AvgIpc) is 1.84. The van der Waals surface area contributed by atoms with Gasteiger partial charge in [0, 0.05) is 6.04 Å². The molecule has 0 saturated heterocycles. The van der Waals surface area contributed by atoms with E-state index in [-0.39, 0.29) is 18.4 Å². The minimum atomic E-state index is -0.699. The highest BCUT2D eigenvalue weighted by Gasteiger charge is 2.15. The third-order valence-electron chi connectivity index (χ3n) is 1.26. The number of carbonyl (C=O) groups excluding carboxylic acids is 1. The van der Waals surface area contributed by atoms with Gasteiger partial charge in [-0.2, -0.15) is 0 Å². The van der Waals surface area contributed by atoms with Crippen LogP contribution >= 0.6 is 12.4 Å². The quantitative estimate of drug-likeness (QED) is 0.501. The maximum Gasteiger partial charge on any atom is 0.235 e. The lowest BCUT2D eigenvalue weighted by molar-refractivity contribution is -0.119. The lowest BCUT2D eigenvalue weighted by atomic mass is 10.1. The monoisotopic (exact) mass is 167 g/mol. The van der Waals surface area contributed by atoms with E-state index in [4.69, 9.17) is 17.2 Å². The Labute approximate surface area is 66.5 Å². The van der Waals surface area contributed by atoms with Crippen molar-refractivity contribution in [3.05, 3.63) is 0 Å². The third-order valence-corrected chi connectivity index (χ3v) is 1.26. The number of rotatable bonds is 3. The van der Waals surface area contributed by atoms with Crippen LogP contribution < -0.4 is 17.2 Å². The fraction of sp³-hybridized carbons (Fsp3) is 0.800. The van der Waals surface area contributed by atoms with Crippen molar-refractivity contribution in [1.29, 1.82) is 0 Å². The number of hydrogen-bond donors (Lipinski definition) is 3. The molecular weight excluding hydrogens is 154 g/mol. The molecule has 5 heteroatoms. The Kier molecular flexibility index (Phi) is 6.76. The second kappa shape index (κ2) is 5.46. The molecule has 62 valence electrons. The Bertz CT molecular complexity index is 109. The van der Waals surface area contributed by atoms with Gasteiger partial charge in [0.25, 0.3) is 0 Å². The average molecular weight is 168 g/mol. The van der Waals surface area contributed by atoms with Gasteiger partial charge in [-0.3, -0.25) is 4.79 Å².